The number of nitrogens with one attached hydrogen (secondary N) is 2. The van der Waals surface area contributed by atoms with E-state index in [0.29, 0.717) is 11.5 Å². The summed E-state index contributed by atoms with van der Waals surface area (Å²) >= 11 is 2.17. The Bertz CT molecular complexity index is 858. The van der Waals surface area contributed by atoms with Gasteiger partial charge in [0.2, 0.25) is 0 Å². The highest BCUT2D eigenvalue weighted by Gasteiger charge is 2.24. The fourth-order valence-corrected chi connectivity index (χ4v) is 3.67. The van der Waals surface area contributed by atoms with E-state index in [4.69, 9.17) is 0 Å². The second-order valence-corrected chi connectivity index (χ2v) is 7.08. The summed E-state index contributed by atoms with van der Waals surface area (Å²) in [5.41, 5.74) is 2.48. The number of hydrogen-bond acceptors (Lipinski definition) is 3. The summed E-state index contributed by atoms with van der Waals surface area (Å²) in [6.07, 6.45) is 3.74. The predicted molar refractivity (Wildman–Crippen MR) is 107 cm³/mol. The van der Waals surface area contributed by atoms with Crippen molar-refractivity contribution in [1.29, 1.82) is 0 Å². The van der Waals surface area contributed by atoms with Crippen LogP contribution in [0.25, 0.3) is 10.9 Å². The molecule has 3 rings (SSSR count). The fraction of sp³-hybridized carbons (Fsp3) is 0.316. The van der Waals surface area contributed by atoms with E-state index in [1.165, 1.54) is 0 Å². The summed E-state index contributed by atoms with van der Waals surface area (Å²) in [6, 6.07) is 11.3. The number of nitrogens with zero attached hydrogens (tertiary/aromatic N) is 2. The van der Waals surface area contributed by atoms with Crippen molar-refractivity contribution in [2.75, 3.05) is 0 Å². The maximum absolute atomic E-state index is 12.9. The molecule has 0 spiro atoms. The van der Waals surface area contributed by atoms with Gasteiger partial charge in [-0.05, 0) is 58.8 Å². The van der Waals surface area contributed by atoms with Crippen LogP contribution in [0.15, 0.2) is 42.6 Å². The lowest BCUT2D eigenvalue weighted by Crippen LogP contribution is -2.33. The normalized spacial score (nSPS) is 12.5. The van der Waals surface area contributed by atoms with Crippen LogP contribution < -0.4 is 5.32 Å². The second-order valence-electron chi connectivity index (χ2n) is 6.06. The van der Waals surface area contributed by atoms with Crippen molar-refractivity contribution in [2.45, 2.75) is 32.7 Å². The molecule has 2 aromatic heterocycles. The Morgan fingerprint density at radius 3 is 2.72 bits per heavy atom. The van der Waals surface area contributed by atoms with E-state index in [0.717, 1.165) is 33.1 Å². The van der Waals surface area contributed by atoms with E-state index in [1.807, 2.05) is 36.4 Å². The first kappa shape index (κ1) is 17.8. The summed E-state index contributed by atoms with van der Waals surface area (Å²) in [7, 11) is 0. The molecule has 1 amide bonds. The Labute approximate surface area is 160 Å². The topological polar surface area (TPSA) is 70.7 Å². The van der Waals surface area contributed by atoms with Crippen LogP contribution in [0.3, 0.4) is 0 Å². The highest BCUT2D eigenvalue weighted by molar-refractivity contribution is 14.1. The summed E-state index contributed by atoms with van der Waals surface area (Å²) in [5, 5.41) is 11.3. The highest BCUT2D eigenvalue weighted by Crippen LogP contribution is 2.27. The van der Waals surface area contributed by atoms with Crippen LogP contribution in [0.1, 0.15) is 48.8 Å². The van der Waals surface area contributed by atoms with Crippen LogP contribution in [0.2, 0.25) is 0 Å². The zero-order valence-corrected chi connectivity index (χ0v) is 16.4. The molecule has 0 radical (unpaired) electrons. The number of fused-ring (bicyclic) bond motifs is 1. The van der Waals surface area contributed by atoms with Gasteiger partial charge in [-0.15, -0.1) is 0 Å². The first-order valence-corrected chi connectivity index (χ1v) is 9.57. The van der Waals surface area contributed by atoms with Gasteiger partial charge in [0.05, 0.1) is 17.3 Å². The van der Waals surface area contributed by atoms with Gasteiger partial charge >= 0.3 is 0 Å². The summed E-state index contributed by atoms with van der Waals surface area (Å²) in [5.74, 6) is 0.262. The molecule has 3 aromatic rings. The van der Waals surface area contributed by atoms with Crippen molar-refractivity contribution < 1.29 is 4.79 Å². The van der Waals surface area contributed by atoms with Gasteiger partial charge in [0, 0.05) is 17.1 Å². The Morgan fingerprint density at radius 1 is 1.24 bits per heavy atom. The zero-order chi connectivity index (χ0) is 17.8. The van der Waals surface area contributed by atoms with Crippen molar-refractivity contribution in [3.63, 3.8) is 0 Å². The average Bonchev–Trinajstić information content (AvgIpc) is 3.03. The van der Waals surface area contributed by atoms with Crippen LogP contribution in [0.5, 0.6) is 0 Å². The molecule has 130 valence electrons. The lowest BCUT2D eigenvalue weighted by Gasteiger charge is -2.26. The molecule has 0 aliphatic heterocycles. The van der Waals surface area contributed by atoms with Crippen LogP contribution >= 0.6 is 22.6 Å². The molecule has 0 aliphatic carbocycles. The van der Waals surface area contributed by atoms with Gasteiger partial charge in [-0.2, -0.15) is 5.10 Å². The molecule has 2 heterocycles. The Kier molecular flexibility index (Phi) is 5.67. The number of benzene rings is 1. The maximum Gasteiger partial charge on any atom is 0.251 e. The van der Waals surface area contributed by atoms with Crippen molar-refractivity contribution in [3.8, 4) is 0 Å². The van der Waals surface area contributed by atoms with Gasteiger partial charge < -0.3 is 5.32 Å². The van der Waals surface area contributed by atoms with Gasteiger partial charge in [-0.3, -0.25) is 14.9 Å². The standard InChI is InChI=1S/C19H21IN4O/c1-3-12(4-2)17(16-7-5-6-10-21-16)22-19(25)13-8-9-15-14(11-13)18(20)24-23-15/h5-12,17H,3-4H2,1-2H3,(H,22,25)(H,23,24). The average molecular weight is 448 g/mol. The van der Waals surface area contributed by atoms with E-state index >= 15 is 0 Å². The minimum atomic E-state index is -0.0946. The van der Waals surface area contributed by atoms with Crippen LogP contribution in [-0.2, 0) is 0 Å². The molecule has 0 bridgehead atoms. The predicted octanol–water partition coefficient (Wildman–Crippen LogP) is 4.47. The molecule has 25 heavy (non-hydrogen) atoms. The highest BCUT2D eigenvalue weighted by atomic mass is 127. The molecule has 2 N–H and O–H groups in total. The van der Waals surface area contributed by atoms with Gasteiger partial charge in [0.25, 0.3) is 5.91 Å². The van der Waals surface area contributed by atoms with E-state index in [1.54, 1.807) is 6.20 Å². The third-order valence-corrected chi connectivity index (χ3v) is 5.41. The maximum atomic E-state index is 12.9. The Balaban J connectivity index is 1.89. The van der Waals surface area contributed by atoms with Gasteiger partial charge in [-0.25, -0.2) is 0 Å². The number of aromatic nitrogens is 3. The number of halogens is 1. The molecule has 5 nitrogen and oxygen atoms in total. The Morgan fingerprint density at radius 2 is 2.04 bits per heavy atom. The molecule has 1 atom stereocenters. The number of rotatable bonds is 6. The minimum absolute atomic E-state index is 0.0820. The van der Waals surface area contributed by atoms with E-state index in [2.05, 4.69) is 56.9 Å². The molecule has 6 heteroatoms. The number of carbonyl (C=O) groups excluding carboxylic acids is 1. The number of H-pyrrole nitrogens is 1. The first-order chi connectivity index (χ1) is 12.1. The van der Waals surface area contributed by atoms with Crippen molar-refractivity contribution >= 4 is 39.4 Å². The van der Waals surface area contributed by atoms with Gasteiger partial charge in [0.1, 0.15) is 3.70 Å². The summed E-state index contributed by atoms with van der Waals surface area (Å²) in [6.45, 7) is 4.30. The molecule has 0 saturated heterocycles. The third kappa shape index (κ3) is 3.84. The summed E-state index contributed by atoms with van der Waals surface area (Å²) in [4.78, 5) is 17.3. The quantitative estimate of drug-likeness (QED) is 0.547. The van der Waals surface area contributed by atoms with E-state index in [-0.39, 0.29) is 11.9 Å². The molecule has 1 unspecified atom stereocenters. The number of hydrogen-bond donors (Lipinski definition) is 2. The minimum Gasteiger partial charge on any atom is -0.343 e. The number of aromatic amines is 1. The Hall–Kier alpha value is -1.96. The third-order valence-electron chi connectivity index (χ3n) is 4.59. The van der Waals surface area contributed by atoms with Crippen molar-refractivity contribution in [1.82, 2.24) is 20.5 Å². The van der Waals surface area contributed by atoms with Gasteiger partial charge in [0.15, 0.2) is 0 Å². The summed E-state index contributed by atoms with van der Waals surface area (Å²) < 4.78 is 0.864. The van der Waals surface area contributed by atoms with Crippen LogP contribution in [-0.4, -0.2) is 21.1 Å². The zero-order valence-electron chi connectivity index (χ0n) is 14.3. The molecule has 0 aliphatic rings. The fourth-order valence-electron chi connectivity index (χ4n) is 3.10. The van der Waals surface area contributed by atoms with Crippen molar-refractivity contribution in [2.24, 2.45) is 5.92 Å². The molecule has 0 saturated carbocycles. The number of carbonyl (C=O) groups is 1. The smallest absolute Gasteiger partial charge is 0.251 e. The number of amides is 1. The second kappa shape index (κ2) is 7.95. The monoisotopic (exact) mass is 448 g/mol. The van der Waals surface area contributed by atoms with E-state index < -0.39 is 0 Å². The van der Waals surface area contributed by atoms with E-state index in [9.17, 15) is 4.79 Å². The molecular formula is C19H21IN4O. The largest absolute Gasteiger partial charge is 0.343 e. The lowest BCUT2D eigenvalue weighted by atomic mass is 9.91. The van der Waals surface area contributed by atoms with Gasteiger partial charge in [-0.1, -0.05) is 32.8 Å². The van der Waals surface area contributed by atoms with Crippen molar-refractivity contribution in [3.05, 3.63) is 57.6 Å². The molecule has 1 aromatic carbocycles. The van der Waals surface area contributed by atoms with Crippen LogP contribution in [0, 0.1) is 9.62 Å². The molecular weight excluding hydrogens is 427 g/mol. The lowest BCUT2D eigenvalue weighted by molar-refractivity contribution is 0.0918. The van der Waals surface area contributed by atoms with Crippen LogP contribution in [0.4, 0.5) is 0 Å². The number of pyridine rings is 1. The SMILES string of the molecule is CCC(CC)C(NC(=O)c1ccc2[nH]nc(I)c2c1)c1ccccn1. The first-order valence-electron chi connectivity index (χ1n) is 8.49. The molecule has 0 fully saturated rings.